The second-order valence-corrected chi connectivity index (χ2v) is 7.59. The van der Waals surface area contributed by atoms with Gasteiger partial charge in [-0.15, -0.1) is 22.7 Å². The van der Waals surface area contributed by atoms with E-state index in [1.54, 1.807) is 18.2 Å². The largest absolute Gasteiger partial charge is 0.355 e. The molecule has 130 valence electrons. The number of halogens is 1. The van der Waals surface area contributed by atoms with Crippen molar-refractivity contribution in [2.75, 3.05) is 5.32 Å². The fourth-order valence-electron chi connectivity index (χ4n) is 2.40. The molecular weight excluding hydrogens is 373 g/mol. The predicted molar refractivity (Wildman–Crippen MR) is 100 cm³/mol. The van der Waals surface area contributed by atoms with E-state index < -0.39 is 5.91 Å². The first-order chi connectivity index (χ1) is 12.6. The van der Waals surface area contributed by atoms with Gasteiger partial charge in [-0.2, -0.15) is 0 Å². The summed E-state index contributed by atoms with van der Waals surface area (Å²) in [6.45, 7) is 1.90. The summed E-state index contributed by atoms with van der Waals surface area (Å²) >= 11 is 2.85. The molecule has 0 saturated carbocycles. The van der Waals surface area contributed by atoms with Crippen molar-refractivity contribution in [3.05, 3.63) is 64.2 Å². The number of hydrogen-bond donors (Lipinski definition) is 1. The maximum atomic E-state index is 13.1. The van der Waals surface area contributed by atoms with Crippen LogP contribution in [0.3, 0.4) is 0 Å². The monoisotopic (exact) mass is 385 g/mol. The first kappa shape index (κ1) is 16.6. The summed E-state index contributed by atoms with van der Waals surface area (Å²) in [4.78, 5) is 18.7. The number of carbonyl (C=O) groups is 1. The normalized spacial score (nSPS) is 10.8. The number of rotatable bonds is 4. The van der Waals surface area contributed by atoms with Crippen LogP contribution in [0.4, 0.5) is 9.52 Å². The molecule has 4 rings (SSSR count). The second kappa shape index (κ2) is 6.81. The fourth-order valence-corrected chi connectivity index (χ4v) is 3.91. The van der Waals surface area contributed by atoms with E-state index in [-0.39, 0.29) is 11.5 Å². The molecule has 0 atom stereocenters. The van der Waals surface area contributed by atoms with Gasteiger partial charge in [0.05, 0.1) is 10.6 Å². The summed E-state index contributed by atoms with van der Waals surface area (Å²) in [5.74, 6) is -0.147. The Morgan fingerprint density at radius 1 is 1.23 bits per heavy atom. The maximum Gasteiger partial charge on any atom is 0.279 e. The van der Waals surface area contributed by atoms with E-state index in [2.05, 4.69) is 15.5 Å². The van der Waals surface area contributed by atoms with E-state index in [1.165, 1.54) is 34.8 Å². The lowest BCUT2D eigenvalue weighted by Gasteiger charge is -1.98. The third kappa shape index (κ3) is 3.29. The molecule has 0 unspecified atom stereocenters. The predicted octanol–water partition coefficient (Wildman–Crippen LogP) is 5.23. The lowest BCUT2D eigenvalue weighted by atomic mass is 10.1. The van der Waals surface area contributed by atoms with E-state index in [9.17, 15) is 9.18 Å². The molecule has 26 heavy (non-hydrogen) atoms. The summed E-state index contributed by atoms with van der Waals surface area (Å²) in [5.41, 5.74) is 1.69. The average Bonchev–Trinajstić information content (AvgIpc) is 3.35. The number of anilines is 1. The molecule has 3 aromatic heterocycles. The van der Waals surface area contributed by atoms with Crippen molar-refractivity contribution < 1.29 is 13.7 Å². The Morgan fingerprint density at radius 2 is 2.04 bits per heavy atom. The van der Waals surface area contributed by atoms with Crippen LogP contribution in [-0.4, -0.2) is 16.0 Å². The first-order valence-electron chi connectivity index (χ1n) is 7.65. The van der Waals surface area contributed by atoms with Crippen LogP contribution in [-0.2, 0) is 0 Å². The van der Waals surface area contributed by atoms with Crippen molar-refractivity contribution in [1.29, 1.82) is 0 Å². The van der Waals surface area contributed by atoms with Gasteiger partial charge in [-0.25, -0.2) is 9.37 Å². The fraction of sp³-hybridized carbons (Fsp3) is 0.0556. The molecule has 0 aliphatic rings. The standard InChI is InChI=1S/C18H12FN3O2S2/c1-10-16(11-4-6-12(19)7-5-11)20-18(26-10)21-17(23)13-9-14(24-22-13)15-3-2-8-25-15/h2-9H,1H3,(H,20,21,23). The summed E-state index contributed by atoms with van der Waals surface area (Å²) < 4.78 is 18.3. The molecule has 1 aromatic carbocycles. The number of nitrogens with zero attached hydrogens (tertiary/aromatic N) is 2. The molecule has 5 nitrogen and oxygen atoms in total. The van der Waals surface area contributed by atoms with Gasteiger partial charge in [-0.1, -0.05) is 11.2 Å². The number of nitrogens with one attached hydrogen (secondary N) is 1. The lowest BCUT2D eigenvalue weighted by Crippen LogP contribution is -2.11. The molecular formula is C18H12FN3O2S2. The third-order valence-electron chi connectivity index (χ3n) is 3.64. The number of aryl methyl sites for hydroxylation is 1. The van der Waals surface area contributed by atoms with Gasteiger partial charge in [0.15, 0.2) is 16.6 Å². The number of amides is 1. The molecule has 1 amide bonds. The van der Waals surface area contributed by atoms with Crippen LogP contribution in [0.15, 0.2) is 52.4 Å². The highest BCUT2D eigenvalue weighted by molar-refractivity contribution is 7.16. The highest BCUT2D eigenvalue weighted by Crippen LogP contribution is 2.31. The van der Waals surface area contributed by atoms with Crippen molar-refractivity contribution in [2.45, 2.75) is 6.92 Å². The highest BCUT2D eigenvalue weighted by Gasteiger charge is 2.17. The first-order valence-corrected chi connectivity index (χ1v) is 9.35. The molecule has 1 N–H and O–H groups in total. The van der Waals surface area contributed by atoms with E-state index in [0.29, 0.717) is 16.6 Å². The van der Waals surface area contributed by atoms with Gasteiger partial charge in [0.2, 0.25) is 0 Å². The number of thiophene rings is 1. The van der Waals surface area contributed by atoms with Gasteiger partial charge in [-0.3, -0.25) is 10.1 Å². The number of hydrogen-bond acceptors (Lipinski definition) is 6. The van der Waals surface area contributed by atoms with Gasteiger partial charge in [0, 0.05) is 16.5 Å². The molecule has 0 fully saturated rings. The van der Waals surface area contributed by atoms with Crippen LogP contribution in [0.25, 0.3) is 21.9 Å². The van der Waals surface area contributed by atoms with Crippen LogP contribution in [0.1, 0.15) is 15.4 Å². The van der Waals surface area contributed by atoms with Gasteiger partial charge < -0.3 is 4.52 Å². The number of carbonyl (C=O) groups excluding carboxylic acids is 1. The van der Waals surface area contributed by atoms with Crippen LogP contribution >= 0.6 is 22.7 Å². The number of thiazole rings is 1. The molecule has 0 saturated heterocycles. The summed E-state index contributed by atoms with van der Waals surface area (Å²) in [6.07, 6.45) is 0. The zero-order chi connectivity index (χ0) is 18.1. The smallest absolute Gasteiger partial charge is 0.279 e. The van der Waals surface area contributed by atoms with Crippen molar-refractivity contribution in [1.82, 2.24) is 10.1 Å². The molecule has 0 radical (unpaired) electrons. The number of benzene rings is 1. The third-order valence-corrected chi connectivity index (χ3v) is 5.41. The van der Waals surface area contributed by atoms with Gasteiger partial charge >= 0.3 is 0 Å². The van der Waals surface area contributed by atoms with Crippen LogP contribution in [0.5, 0.6) is 0 Å². The van der Waals surface area contributed by atoms with Crippen LogP contribution in [0.2, 0.25) is 0 Å². The Balaban J connectivity index is 1.53. The Kier molecular flexibility index (Phi) is 4.36. The SMILES string of the molecule is Cc1sc(NC(=O)c2cc(-c3cccs3)on2)nc1-c1ccc(F)cc1. The molecule has 0 aliphatic heterocycles. The van der Waals surface area contributed by atoms with E-state index >= 15 is 0 Å². The Morgan fingerprint density at radius 3 is 2.77 bits per heavy atom. The molecule has 0 spiro atoms. The van der Waals surface area contributed by atoms with E-state index in [1.807, 2.05) is 24.4 Å². The van der Waals surface area contributed by atoms with Gasteiger partial charge in [-0.05, 0) is 42.6 Å². The van der Waals surface area contributed by atoms with Gasteiger partial charge in [0.25, 0.3) is 5.91 Å². The second-order valence-electron chi connectivity index (χ2n) is 5.44. The Bertz CT molecular complexity index is 1050. The van der Waals surface area contributed by atoms with Gasteiger partial charge in [0.1, 0.15) is 5.82 Å². The minimum atomic E-state index is -0.393. The summed E-state index contributed by atoms with van der Waals surface area (Å²) in [7, 11) is 0. The quantitative estimate of drug-likeness (QED) is 0.522. The van der Waals surface area contributed by atoms with Crippen molar-refractivity contribution in [3.8, 4) is 21.9 Å². The summed E-state index contributed by atoms with van der Waals surface area (Å²) in [5, 5.41) is 8.93. The zero-order valence-electron chi connectivity index (χ0n) is 13.5. The van der Waals surface area contributed by atoms with Crippen molar-refractivity contribution in [3.63, 3.8) is 0 Å². The molecule has 8 heteroatoms. The Labute approximate surface area is 156 Å². The summed E-state index contributed by atoms with van der Waals surface area (Å²) in [6, 6.07) is 11.5. The minimum absolute atomic E-state index is 0.185. The molecule has 0 bridgehead atoms. The molecule has 4 aromatic rings. The average molecular weight is 385 g/mol. The van der Waals surface area contributed by atoms with Crippen molar-refractivity contribution in [2.24, 2.45) is 0 Å². The number of aromatic nitrogens is 2. The minimum Gasteiger partial charge on any atom is -0.355 e. The van der Waals surface area contributed by atoms with E-state index in [0.717, 1.165) is 15.3 Å². The Hall–Kier alpha value is -2.84. The van der Waals surface area contributed by atoms with Crippen molar-refractivity contribution >= 4 is 33.7 Å². The molecule has 3 heterocycles. The van der Waals surface area contributed by atoms with Crippen LogP contribution < -0.4 is 5.32 Å². The maximum absolute atomic E-state index is 13.1. The lowest BCUT2D eigenvalue weighted by molar-refractivity contribution is 0.101. The highest BCUT2D eigenvalue weighted by atomic mass is 32.1. The van der Waals surface area contributed by atoms with E-state index in [4.69, 9.17) is 4.52 Å². The molecule has 0 aliphatic carbocycles. The zero-order valence-corrected chi connectivity index (χ0v) is 15.2. The topological polar surface area (TPSA) is 68.0 Å². The van der Waals surface area contributed by atoms with Crippen LogP contribution in [0, 0.1) is 12.7 Å².